The number of para-hydroxylation sites is 1. The molecule has 2 rings (SSSR count). The lowest BCUT2D eigenvalue weighted by atomic mass is 10.1. The number of alkyl halides is 3. The van der Waals surface area contributed by atoms with Gasteiger partial charge in [-0.05, 0) is 48.6 Å². The summed E-state index contributed by atoms with van der Waals surface area (Å²) in [4.78, 5) is 0.382. The minimum Gasteiger partial charge on any atom is -0.364 e. The highest BCUT2D eigenvalue weighted by atomic mass is 32.1. The van der Waals surface area contributed by atoms with Crippen LogP contribution in [0.1, 0.15) is 52.7 Å². The number of halogens is 3. The van der Waals surface area contributed by atoms with Gasteiger partial charge in [-0.2, -0.15) is 13.2 Å². The van der Waals surface area contributed by atoms with Crippen molar-refractivity contribution in [3.8, 4) is 0 Å². The van der Waals surface area contributed by atoms with E-state index in [1.165, 1.54) is 12.1 Å². The Labute approximate surface area is 195 Å². The van der Waals surface area contributed by atoms with Crippen molar-refractivity contribution in [2.75, 3.05) is 12.4 Å². The third-order valence-corrected chi connectivity index (χ3v) is 3.81. The molecule has 4 N–H and O–H groups in total. The monoisotopic (exact) mass is 474 g/mol. The van der Waals surface area contributed by atoms with Gasteiger partial charge in [-0.1, -0.05) is 65.9 Å². The van der Waals surface area contributed by atoms with Gasteiger partial charge in [0.05, 0.1) is 5.56 Å². The van der Waals surface area contributed by atoms with Gasteiger partial charge in [-0.25, -0.2) is 0 Å². The quantitative estimate of drug-likeness (QED) is 0.290. The second-order valence-electron chi connectivity index (χ2n) is 4.90. The van der Waals surface area contributed by atoms with Crippen molar-refractivity contribution in [3.05, 3.63) is 59.7 Å². The molecule has 0 atom stereocenters. The van der Waals surface area contributed by atoms with Gasteiger partial charge in [0.1, 0.15) is 4.99 Å². The number of hydrazine groups is 1. The molecule has 4 nitrogen and oxygen atoms in total. The van der Waals surface area contributed by atoms with E-state index in [2.05, 4.69) is 21.5 Å². The van der Waals surface area contributed by atoms with Crippen molar-refractivity contribution in [2.45, 2.75) is 47.7 Å². The summed E-state index contributed by atoms with van der Waals surface area (Å²) < 4.78 is 37.9. The second-order valence-corrected chi connectivity index (χ2v) is 5.72. The minimum atomic E-state index is -4.36. The molecule has 0 saturated heterocycles. The van der Waals surface area contributed by atoms with Crippen LogP contribution in [0.5, 0.6) is 0 Å². The maximum atomic E-state index is 12.6. The lowest BCUT2D eigenvalue weighted by Gasteiger charge is -2.16. The van der Waals surface area contributed by atoms with Crippen molar-refractivity contribution in [3.63, 3.8) is 0 Å². The predicted octanol–water partition coefficient (Wildman–Crippen LogP) is 6.80. The maximum Gasteiger partial charge on any atom is 0.416 e. The third kappa shape index (κ3) is 11.5. The molecule has 0 bridgehead atoms. The van der Waals surface area contributed by atoms with Crippen LogP contribution in [0.4, 0.5) is 24.5 Å². The first kappa shape index (κ1) is 30.8. The molecule has 9 heteroatoms. The average molecular weight is 475 g/mol. The van der Waals surface area contributed by atoms with E-state index in [0.29, 0.717) is 27.0 Å². The van der Waals surface area contributed by atoms with E-state index < -0.39 is 11.7 Å². The lowest BCUT2D eigenvalue weighted by molar-refractivity contribution is -0.137. The molecule has 0 amide bonds. The zero-order chi connectivity index (χ0) is 24.4. The molecular weight excluding hydrogens is 441 g/mol. The Kier molecular flexibility index (Phi) is 17.2. The maximum absolute atomic E-state index is 12.6. The van der Waals surface area contributed by atoms with Gasteiger partial charge < -0.3 is 10.6 Å². The Hall–Kier alpha value is -2.39. The first-order valence-corrected chi connectivity index (χ1v) is 10.9. The SMILES string of the molecule is CC.CC.CC.CNC(=S)NNC(=S)c1ccccc1Nc1ccc(C(F)(F)F)cc1. The summed E-state index contributed by atoms with van der Waals surface area (Å²) >= 11 is 10.3. The van der Waals surface area contributed by atoms with Gasteiger partial charge in [0.2, 0.25) is 0 Å². The molecule has 2 aromatic carbocycles. The molecule has 0 aliphatic rings. The fraction of sp³-hybridized carbons (Fsp3) is 0.364. The number of thiocarbonyl (C=S) groups is 2. The summed E-state index contributed by atoms with van der Waals surface area (Å²) in [7, 11) is 1.67. The highest BCUT2D eigenvalue weighted by molar-refractivity contribution is 7.81. The van der Waals surface area contributed by atoms with E-state index in [4.69, 9.17) is 24.4 Å². The van der Waals surface area contributed by atoms with E-state index in [1.54, 1.807) is 31.3 Å². The smallest absolute Gasteiger partial charge is 0.364 e. The van der Waals surface area contributed by atoms with E-state index in [-0.39, 0.29) is 0 Å². The van der Waals surface area contributed by atoms with Gasteiger partial charge in [0.15, 0.2) is 5.11 Å². The Bertz CT molecular complexity index is 764. The first-order valence-electron chi connectivity index (χ1n) is 10.1. The summed E-state index contributed by atoms with van der Waals surface area (Å²) in [6, 6.07) is 11.9. The topological polar surface area (TPSA) is 48.1 Å². The standard InChI is InChI=1S/C16H15F3N4S2.3C2H6/c1-20-15(25)23-22-14(24)12-4-2-3-5-13(12)21-11-8-6-10(7-9-11)16(17,18)19;3*1-2/h2-9,21H,1H3,(H,22,24)(H2,20,23,25);3*1-2H3. The molecule has 0 fully saturated rings. The van der Waals surface area contributed by atoms with Gasteiger partial charge >= 0.3 is 6.18 Å². The molecule has 0 aliphatic carbocycles. The van der Waals surface area contributed by atoms with Gasteiger partial charge in [0.25, 0.3) is 0 Å². The largest absolute Gasteiger partial charge is 0.416 e. The van der Waals surface area contributed by atoms with Crippen molar-refractivity contribution < 1.29 is 13.2 Å². The zero-order valence-electron chi connectivity index (χ0n) is 19.1. The number of hydrogen-bond acceptors (Lipinski definition) is 3. The van der Waals surface area contributed by atoms with Crippen molar-refractivity contribution >= 4 is 45.9 Å². The van der Waals surface area contributed by atoms with Crippen LogP contribution in [-0.2, 0) is 6.18 Å². The summed E-state index contributed by atoms with van der Waals surface area (Å²) in [5.41, 5.74) is 6.65. The van der Waals surface area contributed by atoms with Crippen molar-refractivity contribution in [1.82, 2.24) is 16.2 Å². The summed E-state index contributed by atoms with van der Waals surface area (Å²) in [5, 5.41) is 6.17. The first-order chi connectivity index (χ1) is 14.8. The Morgan fingerprint density at radius 2 is 1.29 bits per heavy atom. The van der Waals surface area contributed by atoms with Crippen LogP contribution in [0.3, 0.4) is 0 Å². The van der Waals surface area contributed by atoms with E-state index in [0.717, 1.165) is 12.1 Å². The molecule has 2 aromatic rings. The van der Waals surface area contributed by atoms with Crippen LogP contribution in [0, 0.1) is 0 Å². The lowest BCUT2D eigenvalue weighted by Crippen LogP contribution is -2.45. The minimum absolute atomic E-state index is 0.371. The highest BCUT2D eigenvalue weighted by Crippen LogP contribution is 2.30. The third-order valence-electron chi connectivity index (χ3n) is 3.18. The number of anilines is 2. The van der Waals surface area contributed by atoms with E-state index in [9.17, 15) is 13.2 Å². The van der Waals surface area contributed by atoms with Crippen LogP contribution >= 0.6 is 24.4 Å². The molecule has 0 heterocycles. The van der Waals surface area contributed by atoms with E-state index in [1.807, 2.05) is 41.5 Å². The molecule has 0 spiro atoms. The van der Waals surface area contributed by atoms with Gasteiger partial charge in [0, 0.05) is 24.0 Å². The zero-order valence-corrected chi connectivity index (χ0v) is 20.7. The van der Waals surface area contributed by atoms with Crippen LogP contribution in [0.15, 0.2) is 48.5 Å². The fourth-order valence-electron chi connectivity index (χ4n) is 1.93. The number of hydrogen-bond donors (Lipinski definition) is 4. The van der Waals surface area contributed by atoms with Crippen LogP contribution < -0.4 is 21.5 Å². The van der Waals surface area contributed by atoms with Crippen molar-refractivity contribution in [1.29, 1.82) is 0 Å². The molecule has 0 radical (unpaired) electrons. The Balaban J connectivity index is 0. The highest BCUT2D eigenvalue weighted by Gasteiger charge is 2.29. The molecule has 174 valence electrons. The molecule has 0 aliphatic heterocycles. The summed E-state index contributed by atoms with van der Waals surface area (Å²) in [6.07, 6.45) is -4.36. The second kappa shape index (κ2) is 17.3. The van der Waals surface area contributed by atoms with Crippen LogP contribution in [0.25, 0.3) is 0 Å². The summed E-state index contributed by atoms with van der Waals surface area (Å²) in [6.45, 7) is 12.0. The van der Waals surface area contributed by atoms with Crippen LogP contribution in [-0.4, -0.2) is 17.1 Å². The normalized spacial score (nSPS) is 9.23. The predicted molar refractivity (Wildman–Crippen MR) is 135 cm³/mol. The number of nitrogens with one attached hydrogen (secondary N) is 4. The Morgan fingerprint density at radius 3 is 1.77 bits per heavy atom. The molecular formula is C22H33F3N4S2. The fourth-order valence-corrected chi connectivity index (χ4v) is 2.21. The van der Waals surface area contributed by atoms with Crippen LogP contribution in [0.2, 0.25) is 0 Å². The molecule has 0 saturated carbocycles. The number of benzene rings is 2. The Morgan fingerprint density at radius 1 is 0.774 bits per heavy atom. The van der Waals surface area contributed by atoms with Gasteiger partial charge in [-0.3, -0.25) is 10.9 Å². The van der Waals surface area contributed by atoms with Gasteiger partial charge in [-0.15, -0.1) is 0 Å². The summed E-state index contributed by atoms with van der Waals surface area (Å²) in [5.74, 6) is 0. The molecule has 0 unspecified atom stereocenters. The van der Waals surface area contributed by atoms with Crippen molar-refractivity contribution in [2.24, 2.45) is 0 Å². The molecule has 31 heavy (non-hydrogen) atoms. The number of rotatable bonds is 3. The molecule has 0 aromatic heterocycles. The average Bonchev–Trinajstić information content (AvgIpc) is 2.81. The van der Waals surface area contributed by atoms with E-state index >= 15 is 0 Å².